The minimum Gasteiger partial charge on any atom is -0.494 e. The second-order valence-corrected chi connectivity index (χ2v) is 6.15. The molecule has 1 saturated heterocycles. The standard InChI is InChI=1S/C16H20F2N2O2/c1-22-14-7-11(17)13(6-12(14)18)20-15(21)16-5-3-2-4-10(16)8-19-9-16/h6-7,10,19H,2-5,8-9H2,1H3,(H,20,21)/t10-,16+/m0/s1. The van der Waals surface area contributed by atoms with Gasteiger partial charge in [0.2, 0.25) is 5.91 Å². The van der Waals surface area contributed by atoms with Gasteiger partial charge in [-0.25, -0.2) is 8.78 Å². The predicted octanol–water partition coefficient (Wildman–Crippen LogP) is 2.69. The van der Waals surface area contributed by atoms with Crippen molar-refractivity contribution in [3.8, 4) is 5.75 Å². The Morgan fingerprint density at radius 2 is 2.18 bits per heavy atom. The molecule has 3 rings (SSSR count). The van der Waals surface area contributed by atoms with E-state index in [1.807, 2.05) is 0 Å². The van der Waals surface area contributed by atoms with Crippen LogP contribution in [0.5, 0.6) is 5.75 Å². The summed E-state index contributed by atoms with van der Waals surface area (Å²) in [6.07, 6.45) is 3.90. The van der Waals surface area contributed by atoms with Crippen molar-refractivity contribution in [3.05, 3.63) is 23.8 Å². The summed E-state index contributed by atoms with van der Waals surface area (Å²) in [5, 5.41) is 5.85. The van der Waals surface area contributed by atoms with Crippen molar-refractivity contribution in [3.63, 3.8) is 0 Å². The normalized spacial score (nSPS) is 27.3. The number of hydrogen-bond acceptors (Lipinski definition) is 3. The van der Waals surface area contributed by atoms with E-state index >= 15 is 0 Å². The van der Waals surface area contributed by atoms with Crippen LogP contribution in [-0.2, 0) is 4.79 Å². The third-order valence-corrected chi connectivity index (χ3v) is 4.98. The quantitative estimate of drug-likeness (QED) is 0.902. The summed E-state index contributed by atoms with van der Waals surface area (Å²) in [7, 11) is 1.27. The average Bonchev–Trinajstić information content (AvgIpc) is 2.95. The third kappa shape index (κ3) is 2.45. The van der Waals surface area contributed by atoms with Gasteiger partial charge in [0.25, 0.3) is 0 Å². The Hall–Kier alpha value is -1.69. The highest BCUT2D eigenvalue weighted by Crippen LogP contribution is 2.44. The number of fused-ring (bicyclic) bond motifs is 1. The number of anilines is 1. The summed E-state index contributed by atoms with van der Waals surface area (Å²) in [5.41, 5.74) is -0.630. The van der Waals surface area contributed by atoms with E-state index in [1.54, 1.807) is 0 Å². The van der Waals surface area contributed by atoms with Gasteiger partial charge >= 0.3 is 0 Å². The number of carbonyl (C=O) groups is 1. The molecule has 2 aliphatic rings. The van der Waals surface area contributed by atoms with Crippen LogP contribution in [0.25, 0.3) is 0 Å². The van der Waals surface area contributed by atoms with Gasteiger partial charge in [0.15, 0.2) is 17.4 Å². The second kappa shape index (κ2) is 5.83. The Bertz CT molecular complexity index is 594. The van der Waals surface area contributed by atoms with Crippen LogP contribution in [0, 0.1) is 23.0 Å². The van der Waals surface area contributed by atoms with Gasteiger partial charge in [0.05, 0.1) is 18.2 Å². The van der Waals surface area contributed by atoms with Gasteiger partial charge in [-0.2, -0.15) is 0 Å². The molecule has 2 atom stereocenters. The van der Waals surface area contributed by atoms with Gasteiger partial charge in [0, 0.05) is 18.7 Å². The molecule has 1 aromatic rings. The van der Waals surface area contributed by atoms with Gasteiger partial charge in [-0.1, -0.05) is 12.8 Å². The number of amides is 1. The van der Waals surface area contributed by atoms with Crippen LogP contribution in [0.2, 0.25) is 0 Å². The zero-order valence-electron chi connectivity index (χ0n) is 12.5. The first kappa shape index (κ1) is 15.2. The van der Waals surface area contributed by atoms with Crippen molar-refractivity contribution in [1.29, 1.82) is 0 Å². The van der Waals surface area contributed by atoms with Crippen LogP contribution in [0.1, 0.15) is 25.7 Å². The molecular formula is C16H20F2N2O2. The largest absolute Gasteiger partial charge is 0.494 e. The molecule has 0 spiro atoms. The molecule has 0 aromatic heterocycles. The monoisotopic (exact) mass is 310 g/mol. The van der Waals surface area contributed by atoms with Gasteiger partial charge in [-0.05, 0) is 25.3 Å². The van der Waals surface area contributed by atoms with Crippen molar-refractivity contribution in [2.45, 2.75) is 25.7 Å². The molecule has 0 bridgehead atoms. The van der Waals surface area contributed by atoms with Crippen molar-refractivity contribution in [2.75, 3.05) is 25.5 Å². The fourth-order valence-corrected chi connectivity index (χ4v) is 3.72. The Morgan fingerprint density at radius 1 is 1.36 bits per heavy atom. The highest BCUT2D eigenvalue weighted by Gasteiger charge is 2.49. The Labute approximate surface area is 128 Å². The maximum atomic E-state index is 14.0. The van der Waals surface area contributed by atoms with Crippen LogP contribution >= 0.6 is 0 Å². The highest BCUT2D eigenvalue weighted by molar-refractivity contribution is 5.96. The molecule has 6 heteroatoms. The molecule has 0 radical (unpaired) electrons. The SMILES string of the molecule is COc1cc(F)c(NC(=O)[C@@]23CCCC[C@H]2CNC3)cc1F. The fourth-order valence-electron chi connectivity index (χ4n) is 3.72. The van der Waals surface area contributed by atoms with E-state index in [-0.39, 0.29) is 23.3 Å². The van der Waals surface area contributed by atoms with Crippen molar-refractivity contribution in [2.24, 2.45) is 11.3 Å². The van der Waals surface area contributed by atoms with Crippen LogP contribution in [0.3, 0.4) is 0 Å². The number of nitrogens with one attached hydrogen (secondary N) is 2. The Morgan fingerprint density at radius 3 is 2.95 bits per heavy atom. The highest BCUT2D eigenvalue weighted by atomic mass is 19.1. The summed E-state index contributed by atoms with van der Waals surface area (Å²) >= 11 is 0. The molecule has 1 amide bonds. The van der Waals surface area contributed by atoms with Crippen molar-refractivity contribution < 1.29 is 18.3 Å². The fraction of sp³-hybridized carbons (Fsp3) is 0.562. The third-order valence-electron chi connectivity index (χ3n) is 4.98. The van der Waals surface area contributed by atoms with E-state index in [2.05, 4.69) is 10.6 Å². The number of rotatable bonds is 3. The molecule has 120 valence electrons. The number of hydrogen-bond donors (Lipinski definition) is 2. The molecule has 2 N–H and O–H groups in total. The van der Waals surface area contributed by atoms with E-state index in [9.17, 15) is 13.6 Å². The van der Waals surface area contributed by atoms with Crippen molar-refractivity contribution in [1.82, 2.24) is 5.32 Å². The van der Waals surface area contributed by atoms with Crippen LogP contribution in [0.4, 0.5) is 14.5 Å². The van der Waals surface area contributed by atoms with Crippen LogP contribution < -0.4 is 15.4 Å². The van der Waals surface area contributed by atoms with Gasteiger partial charge in [0.1, 0.15) is 0 Å². The summed E-state index contributed by atoms with van der Waals surface area (Å²) in [6, 6.07) is 1.93. The zero-order valence-corrected chi connectivity index (χ0v) is 12.5. The lowest BCUT2D eigenvalue weighted by molar-refractivity contribution is -0.128. The summed E-state index contributed by atoms with van der Waals surface area (Å²) < 4.78 is 32.5. The van der Waals surface area contributed by atoms with Gasteiger partial charge < -0.3 is 15.4 Å². The molecule has 1 aliphatic heterocycles. The van der Waals surface area contributed by atoms with E-state index < -0.39 is 17.0 Å². The molecule has 2 fully saturated rings. The van der Waals surface area contributed by atoms with E-state index in [0.29, 0.717) is 6.54 Å². The van der Waals surface area contributed by atoms with Crippen molar-refractivity contribution >= 4 is 11.6 Å². The first-order chi connectivity index (χ1) is 10.6. The zero-order chi connectivity index (χ0) is 15.7. The van der Waals surface area contributed by atoms with E-state index in [0.717, 1.165) is 44.4 Å². The van der Waals surface area contributed by atoms with E-state index in [4.69, 9.17) is 4.74 Å². The number of methoxy groups -OCH3 is 1. The summed E-state index contributed by atoms with van der Waals surface area (Å²) in [4.78, 5) is 12.7. The Kier molecular flexibility index (Phi) is 4.04. The minimum atomic E-state index is -0.693. The lowest BCUT2D eigenvalue weighted by Crippen LogP contribution is -2.44. The van der Waals surface area contributed by atoms with Crippen LogP contribution in [-0.4, -0.2) is 26.1 Å². The molecule has 1 aromatic carbocycles. The molecule has 22 heavy (non-hydrogen) atoms. The number of ether oxygens (including phenoxy) is 1. The minimum absolute atomic E-state index is 0.131. The summed E-state index contributed by atoms with van der Waals surface area (Å²) in [6.45, 7) is 1.41. The van der Waals surface area contributed by atoms with Gasteiger partial charge in [-0.3, -0.25) is 4.79 Å². The first-order valence-electron chi connectivity index (χ1n) is 7.62. The maximum Gasteiger partial charge on any atom is 0.232 e. The number of carbonyl (C=O) groups excluding carboxylic acids is 1. The topological polar surface area (TPSA) is 50.4 Å². The molecule has 1 aliphatic carbocycles. The number of halogens is 2. The molecule has 0 unspecified atom stereocenters. The lowest BCUT2D eigenvalue weighted by atomic mass is 9.67. The second-order valence-electron chi connectivity index (χ2n) is 6.15. The maximum absolute atomic E-state index is 14.0. The van der Waals surface area contributed by atoms with Gasteiger partial charge in [-0.15, -0.1) is 0 Å². The van der Waals surface area contributed by atoms with E-state index in [1.165, 1.54) is 7.11 Å². The lowest BCUT2D eigenvalue weighted by Gasteiger charge is -2.37. The molecular weight excluding hydrogens is 290 g/mol. The average molecular weight is 310 g/mol. The van der Waals surface area contributed by atoms with Crippen LogP contribution in [0.15, 0.2) is 12.1 Å². The summed E-state index contributed by atoms with van der Waals surface area (Å²) in [5.74, 6) is -1.51. The molecule has 1 heterocycles. The Balaban J connectivity index is 1.84. The first-order valence-corrected chi connectivity index (χ1v) is 7.62. The predicted molar refractivity (Wildman–Crippen MR) is 78.8 cm³/mol. The molecule has 4 nitrogen and oxygen atoms in total. The smallest absolute Gasteiger partial charge is 0.232 e. The number of benzene rings is 1. The molecule has 1 saturated carbocycles.